The number of allylic oxidation sites excluding steroid dienone is 11. The van der Waals surface area contributed by atoms with Crippen LogP contribution in [-0.2, 0) is 0 Å². The summed E-state index contributed by atoms with van der Waals surface area (Å²) in [5.74, 6) is -0.339. The maximum Gasteiger partial charge on any atom is 0.144 e. The van der Waals surface area contributed by atoms with Crippen molar-refractivity contribution in [3.63, 3.8) is 0 Å². The van der Waals surface area contributed by atoms with Gasteiger partial charge in [-0.15, -0.1) is 0 Å². The smallest absolute Gasteiger partial charge is 0.144 e. The number of H-pyrrole nitrogens is 1. The van der Waals surface area contributed by atoms with Crippen molar-refractivity contribution in [3.05, 3.63) is 113 Å². The summed E-state index contributed by atoms with van der Waals surface area (Å²) < 4.78 is 13.8. The molecule has 3 aliphatic rings. The van der Waals surface area contributed by atoms with Gasteiger partial charge in [0.1, 0.15) is 11.5 Å². The lowest BCUT2D eigenvalue weighted by molar-refractivity contribution is 0.610. The molecule has 0 atom stereocenters. The summed E-state index contributed by atoms with van der Waals surface area (Å²) in [5, 5.41) is 19.3. The van der Waals surface area contributed by atoms with Crippen LogP contribution in [0.4, 0.5) is 4.39 Å². The van der Waals surface area contributed by atoms with Gasteiger partial charge in [0.25, 0.3) is 0 Å². The summed E-state index contributed by atoms with van der Waals surface area (Å²) in [6.45, 7) is 9.75. The van der Waals surface area contributed by atoms with E-state index in [4.69, 9.17) is 10.4 Å². The predicted molar refractivity (Wildman–Crippen MR) is 153 cm³/mol. The highest BCUT2D eigenvalue weighted by Crippen LogP contribution is 2.30. The van der Waals surface area contributed by atoms with Crippen LogP contribution in [0.25, 0.3) is 17.0 Å². The fourth-order valence-electron chi connectivity index (χ4n) is 4.84. The zero-order valence-corrected chi connectivity index (χ0v) is 21.7. The normalized spacial score (nSPS) is 22.7. The number of hydrogen-bond donors (Lipinski definition) is 3. The first-order valence-electron chi connectivity index (χ1n) is 12.8. The molecular weight excluding hydrogens is 475 g/mol. The molecule has 38 heavy (non-hydrogen) atoms. The van der Waals surface area contributed by atoms with Crippen LogP contribution in [0, 0.1) is 18.2 Å². The van der Waals surface area contributed by atoms with Gasteiger partial charge in [0.05, 0.1) is 17.1 Å². The number of pyridine rings is 1. The second-order valence-corrected chi connectivity index (χ2v) is 9.48. The van der Waals surface area contributed by atoms with Crippen molar-refractivity contribution < 1.29 is 4.39 Å². The molecule has 2 aromatic rings. The molecule has 0 amide bonds. The Morgan fingerprint density at radius 1 is 1.16 bits per heavy atom. The molecule has 0 spiro atoms. The van der Waals surface area contributed by atoms with Gasteiger partial charge in [-0.3, -0.25) is 10.1 Å². The van der Waals surface area contributed by atoms with Crippen molar-refractivity contribution in [1.29, 1.82) is 5.41 Å². The van der Waals surface area contributed by atoms with Gasteiger partial charge in [0.15, 0.2) is 0 Å². The van der Waals surface area contributed by atoms with E-state index in [1.165, 1.54) is 6.07 Å². The summed E-state index contributed by atoms with van der Waals surface area (Å²) in [6.07, 6.45) is 18.3. The first-order valence-corrected chi connectivity index (χ1v) is 12.8. The maximum absolute atomic E-state index is 13.8. The van der Waals surface area contributed by atoms with Crippen molar-refractivity contribution >= 4 is 17.0 Å². The van der Waals surface area contributed by atoms with Crippen molar-refractivity contribution in [2.24, 2.45) is 4.99 Å². The summed E-state index contributed by atoms with van der Waals surface area (Å²) in [4.78, 5) is 9.36. The average Bonchev–Trinajstić information content (AvgIpc) is 3.26. The molecule has 6 nitrogen and oxygen atoms in total. The molecule has 7 heteroatoms. The largest absolute Gasteiger partial charge is 0.316 e. The molecule has 2 aromatic heterocycles. The van der Waals surface area contributed by atoms with E-state index in [9.17, 15) is 4.39 Å². The van der Waals surface area contributed by atoms with Crippen LogP contribution in [0.1, 0.15) is 37.4 Å². The van der Waals surface area contributed by atoms with E-state index < -0.39 is 0 Å². The third kappa shape index (κ3) is 5.24. The second-order valence-electron chi connectivity index (χ2n) is 9.48. The number of nitrogens with zero attached hydrogens (tertiary/aromatic N) is 3. The molecule has 5 rings (SSSR count). The lowest BCUT2D eigenvalue weighted by Gasteiger charge is -2.20. The van der Waals surface area contributed by atoms with Gasteiger partial charge in [0, 0.05) is 42.6 Å². The number of aromatic amines is 1. The lowest BCUT2D eigenvalue weighted by atomic mass is 9.91. The molecule has 0 saturated carbocycles. The lowest BCUT2D eigenvalue weighted by Crippen LogP contribution is -2.18. The predicted octanol–water partition coefficient (Wildman–Crippen LogP) is 6.36. The first-order chi connectivity index (χ1) is 18.4. The highest BCUT2D eigenvalue weighted by molar-refractivity contribution is 6.20. The molecule has 0 unspecified atom stereocenters. The van der Waals surface area contributed by atoms with E-state index in [-0.39, 0.29) is 5.82 Å². The fraction of sp³-hybridized carbons (Fsp3) is 0.226. The Labute approximate surface area is 222 Å². The Morgan fingerprint density at radius 3 is 2.82 bits per heavy atom. The zero-order valence-electron chi connectivity index (χ0n) is 21.7. The molecular formula is C31H31FN6. The summed E-state index contributed by atoms with van der Waals surface area (Å²) >= 11 is 0. The van der Waals surface area contributed by atoms with E-state index in [1.807, 2.05) is 43.5 Å². The molecule has 4 heterocycles. The molecule has 0 fully saturated rings. The minimum absolute atomic E-state index is 0.336. The zero-order chi connectivity index (χ0) is 26.6. The van der Waals surface area contributed by atoms with E-state index >= 15 is 0 Å². The van der Waals surface area contributed by atoms with Crippen molar-refractivity contribution in [1.82, 2.24) is 20.5 Å². The molecule has 1 aliphatic carbocycles. The van der Waals surface area contributed by atoms with Crippen LogP contribution in [-0.4, -0.2) is 39.7 Å². The first kappa shape index (κ1) is 25.4. The Hall–Kier alpha value is -4.23. The van der Waals surface area contributed by atoms with Gasteiger partial charge in [-0.1, -0.05) is 43.0 Å². The van der Waals surface area contributed by atoms with Gasteiger partial charge in [-0.25, -0.2) is 9.37 Å². The highest BCUT2D eigenvalue weighted by atomic mass is 19.1. The van der Waals surface area contributed by atoms with Gasteiger partial charge >= 0.3 is 0 Å². The van der Waals surface area contributed by atoms with Crippen molar-refractivity contribution in [2.75, 3.05) is 13.1 Å². The number of nitrogens with one attached hydrogen (secondary N) is 3. The van der Waals surface area contributed by atoms with Gasteiger partial charge in [-0.2, -0.15) is 5.10 Å². The summed E-state index contributed by atoms with van der Waals surface area (Å²) in [7, 11) is 0. The third-order valence-electron chi connectivity index (χ3n) is 6.97. The molecule has 3 N–H and O–H groups in total. The third-order valence-corrected chi connectivity index (χ3v) is 6.97. The van der Waals surface area contributed by atoms with Crippen LogP contribution in [0.2, 0.25) is 0 Å². The van der Waals surface area contributed by atoms with Gasteiger partial charge < -0.3 is 10.7 Å². The minimum Gasteiger partial charge on any atom is -0.316 e. The second kappa shape index (κ2) is 11.0. The van der Waals surface area contributed by atoms with E-state index in [0.717, 1.165) is 70.8 Å². The molecule has 2 aliphatic heterocycles. The van der Waals surface area contributed by atoms with Crippen molar-refractivity contribution in [2.45, 2.75) is 33.1 Å². The molecule has 0 saturated heterocycles. The average molecular weight is 507 g/mol. The Kier molecular flexibility index (Phi) is 7.38. The van der Waals surface area contributed by atoms with Crippen LogP contribution in [0.5, 0.6) is 0 Å². The monoisotopic (exact) mass is 506 g/mol. The van der Waals surface area contributed by atoms with E-state index in [2.05, 4.69) is 39.2 Å². The maximum atomic E-state index is 13.8. The topological polar surface area (TPSA) is 89.8 Å². The molecule has 0 aromatic carbocycles. The number of aryl methyl sites for hydroxylation is 1. The highest BCUT2D eigenvalue weighted by Gasteiger charge is 2.23. The van der Waals surface area contributed by atoms with Crippen LogP contribution in [0.15, 0.2) is 100 Å². The Balaban J connectivity index is 1.43. The van der Waals surface area contributed by atoms with Gasteiger partial charge in [-0.05, 0) is 72.9 Å². The number of aromatic nitrogens is 3. The quantitative estimate of drug-likeness (QED) is 0.451. The Bertz CT molecular complexity index is 1520. The summed E-state index contributed by atoms with van der Waals surface area (Å²) in [6, 6.07) is 3.06. The Morgan fingerprint density at radius 2 is 2.00 bits per heavy atom. The van der Waals surface area contributed by atoms with Gasteiger partial charge in [0.2, 0.25) is 0 Å². The van der Waals surface area contributed by atoms with Crippen LogP contribution in [0.3, 0.4) is 0 Å². The molecule has 0 bridgehead atoms. The van der Waals surface area contributed by atoms with E-state index in [1.54, 1.807) is 13.0 Å². The molecule has 0 radical (unpaired) electrons. The number of hydrogen-bond acceptors (Lipinski definition) is 5. The number of rotatable bonds is 4. The van der Waals surface area contributed by atoms with E-state index in [0.29, 0.717) is 29.2 Å². The fourth-order valence-corrected chi connectivity index (χ4v) is 4.84. The number of aliphatic imine (C=N–C) groups is 1. The number of halogens is 1. The molecule has 192 valence electrons. The van der Waals surface area contributed by atoms with Crippen LogP contribution >= 0.6 is 0 Å². The summed E-state index contributed by atoms with van der Waals surface area (Å²) in [5.41, 5.74) is 10.0. The standard InChI is InChI=1S/C31H31FN6/c1-4-21(30-17-27(33)24-12-14-34-15-13-28(24)37-30)16-23-7-5-6-22(9-8-19(23)2)25-18-35-38-31(25)29-11-10-26(32)20(3)36-29/h4-11,16,18,33-34H,2,12-15,17H2,1,3H3,(H,35,38)/b7-5+,9-8-,21-4+,22-6-,23-16-,33-27?. The van der Waals surface area contributed by atoms with Crippen molar-refractivity contribution in [3.8, 4) is 11.4 Å². The van der Waals surface area contributed by atoms with Crippen LogP contribution < -0.4 is 5.32 Å². The SMILES string of the molecule is C=C1\C=C/C(c2c[nH]nc2-c2ccc(F)c(C)n2)=C/C=C/C1=C/C(=C\C)C1=NC2=C(CCNCC2)C(=N)C1. The minimum atomic E-state index is -0.339.